The molecule has 0 atom stereocenters. The monoisotopic (exact) mass is 363 g/mol. The maximum Gasteiger partial charge on any atom is 0.342 e. The lowest BCUT2D eigenvalue weighted by molar-refractivity contribution is -0.124. The van der Waals surface area contributed by atoms with Gasteiger partial charge < -0.3 is 14.8 Å². The summed E-state index contributed by atoms with van der Waals surface area (Å²) >= 11 is 0. The first-order chi connectivity index (χ1) is 13.2. The van der Waals surface area contributed by atoms with Crippen LogP contribution in [0.1, 0.15) is 15.9 Å². The second kappa shape index (κ2) is 8.85. The number of esters is 1. The molecule has 0 spiro atoms. The van der Waals surface area contributed by atoms with E-state index in [1.54, 1.807) is 12.1 Å². The van der Waals surface area contributed by atoms with Crippen LogP contribution in [0.5, 0.6) is 5.75 Å². The van der Waals surface area contributed by atoms with Crippen LogP contribution in [0.3, 0.4) is 0 Å². The lowest BCUT2D eigenvalue weighted by Crippen LogP contribution is -2.30. The van der Waals surface area contributed by atoms with Gasteiger partial charge in [0.1, 0.15) is 11.3 Å². The third kappa shape index (κ3) is 4.85. The van der Waals surface area contributed by atoms with Crippen molar-refractivity contribution < 1.29 is 19.1 Å². The Balaban J connectivity index is 1.55. The number of hydrogen-bond donors (Lipinski definition) is 1. The Hall–Kier alpha value is -3.34. The highest BCUT2D eigenvalue weighted by molar-refractivity contribution is 5.99. The number of benzene rings is 3. The summed E-state index contributed by atoms with van der Waals surface area (Å²) in [5.74, 6) is -0.502. The van der Waals surface area contributed by atoms with Crippen LogP contribution >= 0.6 is 0 Å². The van der Waals surface area contributed by atoms with E-state index in [0.29, 0.717) is 17.9 Å². The Labute approximate surface area is 157 Å². The molecule has 0 aromatic heterocycles. The van der Waals surface area contributed by atoms with Crippen LogP contribution in [0.15, 0.2) is 66.7 Å². The molecule has 3 rings (SSSR count). The number of nitrogens with one attached hydrogen (secondary N) is 1. The molecule has 5 nitrogen and oxygen atoms in total. The number of ether oxygens (including phenoxy) is 2. The molecule has 27 heavy (non-hydrogen) atoms. The highest BCUT2D eigenvalue weighted by atomic mass is 16.5. The fraction of sp³-hybridized carbons (Fsp3) is 0.182. The zero-order chi connectivity index (χ0) is 19.1. The lowest BCUT2D eigenvalue weighted by atomic mass is 10.1. The summed E-state index contributed by atoms with van der Waals surface area (Å²) in [4.78, 5) is 24.3. The van der Waals surface area contributed by atoms with E-state index in [1.807, 2.05) is 54.6 Å². The third-order valence-corrected chi connectivity index (χ3v) is 4.20. The van der Waals surface area contributed by atoms with Crippen LogP contribution < -0.4 is 10.1 Å². The number of amides is 1. The molecule has 0 unspecified atom stereocenters. The molecule has 5 heteroatoms. The lowest BCUT2D eigenvalue weighted by Gasteiger charge is -2.11. The van der Waals surface area contributed by atoms with Gasteiger partial charge >= 0.3 is 5.97 Å². The summed E-state index contributed by atoms with van der Waals surface area (Å²) in [6, 6.07) is 21.0. The van der Waals surface area contributed by atoms with Gasteiger partial charge in [0, 0.05) is 6.54 Å². The van der Waals surface area contributed by atoms with Gasteiger partial charge in [-0.05, 0) is 34.9 Å². The number of rotatable bonds is 7. The van der Waals surface area contributed by atoms with Crippen LogP contribution in [0, 0.1) is 0 Å². The van der Waals surface area contributed by atoms with Crippen LogP contribution in [0.4, 0.5) is 0 Å². The standard InChI is InChI=1S/C22H21NO4/c1-26-20-14-18-10-6-5-9-17(18)13-19(20)22(25)27-15-21(24)23-12-11-16-7-3-2-4-8-16/h2-10,13-14H,11-12,15H2,1H3,(H,23,24). The van der Waals surface area contributed by atoms with E-state index in [4.69, 9.17) is 9.47 Å². The molecule has 0 fully saturated rings. The first-order valence-electron chi connectivity index (χ1n) is 8.72. The average molecular weight is 363 g/mol. The number of carbonyl (C=O) groups is 2. The van der Waals surface area contributed by atoms with Crippen molar-refractivity contribution in [2.75, 3.05) is 20.3 Å². The Morgan fingerprint density at radius 2 is 1.59 bits per heavy atom. The van der Waals surface area contributed by atoms with Crippen molar-refractivity contribution in [2.24, 2.45) is 0 Å². The first kappa shape index (κ1) is 18.5. The van der Waals surface area contributed by atoms with Crippen molar-refractivity contribution in [1.29, 1.82) is 0 Å². The predicted molar refractivity (Wildman–Crippen MR) is 104 cm³/mol. The summed E-state index contributed by atoms with van der Waals surface area (Å²) in [6.07, 6.45) is 0.721. The zero-order valence-electron chi connectivity index (χ0n) is 15.1. The fourth-order valence-corrected chi connectivity index (χ4v) is 2.80. The summed E-state index contributed by atoms with van der Waals surface area (Å²) < 4.78 is 10.4. The molecular formula is C22H21NO4. The average Bonchev–Trinajstić information content (AvgIpc) is 2.71. The van der Waals surface area contributed by atoms with Crippen LogP contribution in [0.2, 0.25) is 0 Å². The Morgan fingerprint density at radius 3 is 2.30 bits per heavy atom. The van der Waals surface area contributed by atoms with Crippen LogP contribution in [-0.4, -0.2) is 32.1 Å². The molecule has 3 aromatic carbocycles. The summed E-state index contributed by atoms with van der Waals surface area (Å²) in [7, 11) is 1.50. The van der Waals surface area contributed by atoms with Crippen molar-refractivity contribution >= 4 is 22.6 Å². The Bertz CT molecular complexity index is 937. The van der Waals surface area contributed by atoms with Gasteiger partial charge in [0.15, 0.2) is 6.61 Å². The van der Waals surface area contributed by atoms with E-state index in [-0.39, 0.29) is 12.5 Å². The van der Waals surface area contributed by atoms with Crippen LogP contribution in [-0.2, 0) is 16.0 Å². The SMILES string of the molecule is COc1cc2ccccc2cc1C(=O)OCC(=O)NCCc1ccccc1. The highest BCUT2D eigenvalue weighted by Gasteiger charge is 2.16. The van der Waals surface area contributed by atoms with E-state index >= 15 is 0 Å². The quantitative estimate of drug-likeness (QED) is 0.654. The van der Waals surface area contributed by atoms with E-state index in [9.17, 15) is 9.59 Å². The highest BCUT2D eigenvalue weighted by Crippen LogP contribution is 2.26. The fourth-order valence-electron chi connectivity index (χ4n) is 2.80. The number of methoxy groups -OCH3 is 1. The number of carbonyl (C=O) groups excluding carboxylic acids is 2. The van der Waals surface area contributed by atoms with Crippen molar-refractivity contribution in [3.63, 3.8) is 0 Å². The molecule has 0 saturated carbocycles. The molecule has 0 aliphatic heterocycles. The minimum absolute atomic E-state index is 0.299. The molecule has 1 N–H and O–H groups in total. The summed E-state index contributed by atoms with van der Waals surface area (Å²) in [6.45, 7) is 0.156. The molecule has 0 aliphatic rings. The molecule has 0 bridgehead atoms. The van der Waals surface area contributed by atoms with Crippen molar-refractivity contribution in [3.05, 3.63) is 77.9 Å². The van der Waals surface area contributed by atoms with Gasteiger partial charge in [-0.25, -0.2) is 4.79 Å². The number of fused-ring (bicyclic) bond motifs is 1. The van der Waals surface area contributed by atoms with Gasteiger partial charge in [-0.1, -0.05) is 54.6 Å². The van der Waals surface area contributed by atoms with E-state index in [2.05, 4.69) is 5.32 Å². The summed E-state index contributed by atoms with van der Waals surface area (Å²) in [5, 5.41) is 4.61. The van der Waals surface area contributed by atoms with Gasteiger partial charge in [0.05, 0.1) is 7.11 Å². The Morgan fingerprint density at radius 1 is 0.926 bits per heavy atom. The smallest absolute Gasteiger partial charge is 0.342 e. The van der Waals surface area contributed by atoms with Crippen LogP contribution in [0.25, 0.3) is 10.8 Å². The first-order valence-corrected chi connectivity index (χ1v) is 8.72. The topological polar surface area (TPSA) is 64.6 Å². The van der Waals surface area contributed by atoms with Crippen molar-refractivity contribution in [3.8, 4) is 5.75 Å². The Kier molecular flexibility index (Phi) is 6.05. The van der Waals surface area contributed by atoms with Gasteiger partial charge in [-0.15, -0.1) is 0 Å². The van der Waals surface area contributed by atoms with Gasteiger partial charge in [-0.3, -0.25) is 4.79 Å². The van der Waals surface area contributed by atoms with Gasteiger partial charge in [-0.2, -0.15) is 0 Å². The maximum atomic E-state index is 12.4. The van der Waals surface area contributed by atoms with E-state index < -0.39 is 5.97 Å². The normalized spacial score (nSPS) is 10.4. The molecule has 138 valence electrons. The maximum absolute atomic E-state index is 12.4. The number of hydrogen-bond acceptors (Lipinski definition) is 4. The minimum Gasteiger partial charge on any atom is -0.496 e. The van der Waals surface area contributed by atoms with Crippen molar-refractivity contribution in [2.45, 2.75) is 6.42 Å². The molecule has 3 aromatic rings. The van der Waals surface area contributed by atoms with Gasteiger partial charge in [0.25, 0.3) is 5.91 Å². The minimum atomic E-state index is -0.587. The van der Waals surface area contributed by atoms with E-state index in [0.717, 1.165) is 22.8 Å². The molecule has 0 saturated heterocycles. The second-order valence-corrected chi connectivity index (χ2v) is 6.06. The molecule has 0 radical (unpaired) electrons. The third-order valence-electron chi connectivity index (χ3n) is 4.20. The molecule has 0 aliphatic carbocycles. The van der Waals surface area contributed by atoms with Crippen molar-refractivity contribution in [1.82, 2.24) is 5.32 Å². The summed E-state index contributed by atoms with van der Waals surface area (Å²) in [5.41, 5.74) is 1.43. The van der Waals surface area contributed by atoms with E-state index in [1.165, 1.54) is 7.11 Å². The zero-order valence-corrected chi connectivity index (χ0v) is 15.1. The molecular weight excluding hydrogens is 342 g/mol. The second-order valence-electron chi connectivity index (χ2n) is 6.06. The molecule has 1 amide bonds. The largest absolute Gasteiger partial charge is 0.496 e. The predicted octanol–water partition coefficient (Wildman–Crippen LogP) is 3.36. The van der Waals surface area contributed by atoms with Gasteiger partial charge in [0.2, 0.25) is 0 Å². The molecule has 0 heterocycles.